The summed E-state index contributed by atoms with van der Waals surface area (Å²) in [6.07, 6.45) is 1.01. The molecule has 0 spiro atoms. The van der Waals surface area contributed by atoms with Crippen molar-refractivity contribution in [2.24, 2.45) is 0 Å². The third-order valence-corrected chi connectivity index (χ3v) is 3.37. The molecule has 0 bridgehead atoms. The van der Waals surface area contributed by atoms with Gasteiger partial charge in [-0.1, -0.05) is 35.0 Å². The van der Waals surface area contributed by atoms with Crippen molar-refractivity contribution in [2.45, 2.75) is 19.1 Å². The van der Waals surface area contributed by atoms with Gasteiger partial charge in [-0.3, -0.25) is 0 Å². The molecule has 0 aliphatic rings. The molecule has 0 radical (unpaired) electrons. The molecule has 2 nitrogen and oxygen atoms in total. The molecule has 1 atom stereocenters. The van der Waals surface area contributed by atoms with Gasteiger partial charge in [0.15, 0.2) is 5.75 Å². The lowest BCUT2D eigenvalue weighted by atomic mass is 10.2. The van der Waals surface area contributed by atoms with Gasteiger partial charge >= 0.3 is 0 Å². The summed E-state index contributed by atoms with van der Waals surface area (Å²) in [5.74, 6) is 0.577. The summed E-state index contributed by atoms with van der Waals surface area (Å²) in [6.45, 7) is 2.87. The number of hydrogen-bond acceptors (Lipinski definition) is 2. The first-order valence-electron chi connectivity index (χ1n) is 4.58. The summed E-state index contributed by atoms with van der Waals surface area (Å²) in [4.78, 5) is 0. The second-order valence-corrected chi connectivity index (χ2v) is 5.19. The van der Waals surface area contributed by atoms with Gasteiger partial charge in [0.05, 0.1) is 0 Å². The third-order valence-electron chi connectivity index (χ3n) is 1.72. The third kappa shape index (κ3) is 4.46. The molecule has 78 valence electrons. The van der Waals surface area contributed by atoms with Gasteiger partial charge in [-0.05, 0) is 18.6 Å². The summed E-state index contributed by atoms with van der Waals surface area (Å²) >= 11 is 2.42. The molecular weight excluding hydrogens is 262 g/mol. The average Bonchev–Trinajstić information content (AvgIpc) is 2.18. The molecule has 0 amide bonds. The van der Waals surface area contributed by atoms with Crippen LogP contribution in [0.2, 0.25) is 0 Å². The van der Waals surface area contributed by atoms with Gasteiger partial charge in [0.25, 0.3) is 0 Å². The summed E-state index contributed by atoms with van der Waals surface area (Å²) < 4.78 is 15.5. The number of benzene rings is 1. The Morgan fingerprint density at radius 2 is 2.00 bits per heavy atom. The van der Waals surface area contributed by atoms with Crippen molar-refractivity contribution in [1.29, 1.82) is 0 Å². The first kappa shape index (κ1) is 12.0. The highest BCUT2D eigenvalue weighted by molar-refractivity contribution is 9.10. The van der Waals surface area contributed by atoms with Crippen LogP contribution in [0.1, 0.15) is 18.9 Å². The lowest BCUT2D eigenvalue weighted by Gasteiger charge is -2.10. The predicted molar refractivity (Wildman–Crippen MR) is 64.3 cm³/mol. The fourth-order valence-electron chi connectivity index (χ4n) is 0.999. The second-order valence-electron chi connectivity index (χ2n) is 3.01. The molecule has 0 saturated heterocycles. The first-order valence-corrected chi connectivity index (χ1v) is 6.70. The molecule has 0 aromatic heterocycles. The van der Waals surface area contributed by atoms with Crippen molar-refractivity contribution in [1.82, 2.24) is 4.72 Å². The fraction of sp³-hybridized carbons (Fsp3) is 0.400. The number of rotatable bonds is 5. The fourth-order valence-corrected chi connectivity index (χ4v) is 2.29. The van der Waals surface area contributed by atoms with E-state index >= 15 is 0 Å². The van der Waals surface area contributed by atoms with Gasteiger partial charge < -0.3 is 4.55 Å². The Kier molecular flexibility index (Phi) is 5.55. The Morgan fingerprint density at radius 1 is 1.36 bits per heavy atom. The topological polar surface area (TPSA) is 35.1 Å². The van der Waals surface area contributed by atoms with E-state index < -0.39 is 11.4 Å². The lowest BCUT2D eigenvalue weighted by Crippen LogP contribution is -2.25. The zero-order chi connectivity index (χ0) is 10.4. The van der Waals surface area contributed by atoms with E-state index in [4.69, 9.17) is 0 Å². The highest BCUT2D eigenvalue weighted by atomic mass is 79.9. The standard InChI is InChI=1S/C10H14BrNOS/c1-2-7-12-14(13)8-9-3-5-10(11)6-4-9/h3-6,12H,2,7-8H2,1H3. The lowest BCUT2D eigenvalue weighted by molar-refractivity contribution is 0.579. The zero-order valence-electron chi connectivity index (χ0n) is 8.13. The summed E-state index contributed by atoms with van der Waals surface area (Å²) in [7, 11) is 0. The molecule has 14 heavy (non-hydrogen) atoms. The molecule has 0 saturated carbocycles. The van der Waals surface area contributed by atoms with E-state index in [1.54, 1.807) is 0 Å². The normalized spacial score (nSPS) is 12.8. The molecule has 0 heterocycles. The van der Waals surface area contributed by atoms with Crippen LogP contribution in [0.5, 0.6) is 0 Å². The summed E-state index contributed by atoms with van der Waals surface area (Å²) in [5, 5.41) is 0. The van der Waals surface area contributed by atoms with Crippen molar-refractivity contribution < 1.29 is 4.55 Å². The highest BCUT2D eigenvalue weighted by Crippen LogP contribution is 2.12. The quantitative estimate of drug-likeness (QED) is 0.839. The maximum absolute atomic E-state index is 11.4. The van der Waals surface area contributed by atoms with Crippen molar-refractivity contribution in [2.75, 3.05) is 6.54 Å². The molecule has 1 unspecified atom stereocenters. The van der Waals surface area contributed by atoms with Crippen LogP contribution in [0, 0.1) is 0 Å². The van der Waals surface area contributed by atoms with Crippen molar-refractivity contribution in [3.8, 4) is 0 Å². The van der Waals surface area contributed by atoms with Crippen LogP contribution in [0.25, 0.3) is 0 Å². The van der Waals surface area contributed by atoms with E-state index in [-0.39, 0.29) is 0 Å². The molecule has 1 rings (SSSR count). The van der Waals surface area contributed by atoms with Crippen molar-refractivity contribution in [3.05, 3.63) is 34.3 Å². The Bertz CT molecular complexity index is 265. The maximum atomic E-state index is 11.4. The minimum atomic E-state index is -0.943. The van der Waals surface area contributed by atoms with Crippen LogP contribution in [0.4, 0.5) is 0 Å². The average molecular weight is 276 g/mol. The van der Waals surface area contributed by atoms with Crippen molar-refractivity contribution in [3.63, 3.8) is 0 Å². The molecule has 0 aliphatic carbocycles. The molecule has 1 N–H and O–H groups in total. The maximum Gasteiger partial charge on any atom is 0.150 e. The van der Waals surface area contributed by atoms with Crippen LogP contribution < -0.4 is 4.72 Å². The minimum Gasteiger partial charge on any atom is -0.598 e. The Morgan fingerprint density at radius 3 is 2.57 bits per heavy atom. The van der Waals surface area contributed by atoms with E-state index in [0.29, 0.717) is 5.75 Å². The first-order chi connectivity index (χ1) is 6.72. The monoisotopic (exact) mass is 275 g/mol. The Labute approximate surface area is 96.5 Å². The largest absolute Gasteiger partial charge is 0.598 e. The molecule has 0 aliphatic heterocycles. The van der Waals surface area contributed by atoms with E-state index in [1.807, 2.05) is 24.3 Å². The molecule has 0 fully saturated rings. The zero-order valence-corrected chi connectivity index (χ0v) is 10.5. The summed E-state index contributed by atoms with van der Waals surface area (Å²) in [5.41, 5.74) is 1.09. The number of hydrogen-bond donors (Lipinski definition) is 1. The van der Waals surface area contributed by atoms with Gasteiger partial charge in [0, 0.05) is 27.9 Å². The molecule has 1 aromatic carbocycles. The predicted octanol–water partition coefficient (Wildman–Crippen LogP) is 2.61. The summed E-state index contributed by atoms with van der Waals surface area (Å²) in [6, 6.07) is 7.89. The van der Waals surface area contributed by atoms with Gasteiger partial charge in [-0.25, -0.2) is 0 Å². The number of nitrogens with one attached hydrogen (secondary N) is 1. The molecular formula is C10H14BrNOS. The van der Waals surface area contributed by atoms with Crippen LogP contribution in [0.15, 0.2) is 28.7 Å². The van der Waals surface area contributed by atoms with Crippen molar-refractivity contribution >= 4 is 27.3 Å². The minimum absolute atomic E-state index is 0.577. The second kappa shape index (κ2) is 6.45. The van der Waals surface area contributed by atoms with Gasteiger partial charge in [0.1, 0.15) is 0 Å². The van der Waals surface area contributed by atoms with Gasteiger partial charge in [0.2, 0.25) is 0 Å². The van der Waals surface area contributed by atoms with E-state index in [9.17, 15) is 4.55 Å². The smallest absolute Gasteiger partial charge is 0.150 e. The SMILES string of the molecule is CCCN[S+]([O-])Cc1ccc(Br)cc1. The van der Waals surface area contributed by atoms with E-state index in [2.05, 4.69) is 27.6 Å². The van der Waals surface area contributed by atoms with Gasteiger partial charge in [-0.15, -0.1) is 4.72 Å². The van der Waals surface area contributed by atoms with E-state index in [1.165, 1.54) is 0 Å². The molecule has 1 aromatic rings. The van der Waals surface area contributed by atoms with Crippen LogP contribution in [-0.2, 0) is 17.1 Å². The number of halogens is 1. The molecule has 4 heteroatoms. The van der Waals surface area contributed by atoms with Crippen LogP contribution in [-0.4, -0.2) is 11.1 Å². The van der Waals surface area contributed by atoms with Crippen LogP contribution >= 0.6 is 15.9 Å². The Balaban J connectivity index is 2.39. The Hall–Kier alpha value is -0.0300. The highest BCUT2D eigenvalue weighted by Gasteiger charge is 2.06. The van der Waals surface area contributed by atoms with E-state index in [0.717, 1.165) is 23.0 Å². The van der Waals surface area contributed by atoms with Gasteiger partial charge in [-0.2, -0.15) is 0 Å². The van der Waals surface area contributed by atoms with Crippen LogP contribution in [0.3, 0.4) is 0 Å².